The summed E-state index contributed by atoms with van der Waals surface area (Å²) in [5, 5.41) is 17.5. The fourth-order valence-corrected chi connectivity index (χ4v) is 2.32. The maximum absolute atomic E-state index is 10.6. The molecule has 0 aliphatic heterocycles. The lowest BCUT2D eigenvalue weighted by Crippen LogP contribution is -2.07. The fourth-order valence-electron chi connectivity index (χ4n) is 1.80. The van der Waals surface area contributed by atoms with E-state index in [4.69, 9.17) is 32.7 Å². The zero-order valence-electron chi connectivity index (χ0n) is 10.6. The Hall–Kier alpha value is -1.59. The van der Waals surface area contributed by atoms with Crippen molar-refractivity contribution in [3.8, 4) is 11.5 Å². The number of benzene rings is 1. The molecular weight excluding hydrogens is 303 g/mol. The standard InChI is InChI=1S/C13H12Cl2N2O3/c1-7(3-12(18)19)2-11-16-17-13(20-11)8-4-9(14)6-10(15)5-8/h4-7H,2-3H2,1H3,(H,18,19). The van der Waals surface area contributed by atoms with Gasteiger partial charge in [-0.2, -0.15) is 0 Å². The Labute approximate surface area is 125 Å². The van der Waals surface area contributed by atoms with Crippen molar-refractivity contribution in [3.05, 3.63) is 34.1 Å². The van der Waals surface area contributed by atoms with Crippen molar-refractivity contribution in [2.75, 3.05) is 0 Å². The number of nitrogens with zero attached hydrogens (tertiary/aromatic N) is 2. The van der Waals surface area contributed by atoms with Crippen LogP contribution in [0.3, 0.4) is 0 Å². The Morgan fingerprint density at radius 3 is 2.55 bits per heavy atom. The molecular formula is C13H12Cl2N2O3. The second-order valence-electron chi connectivity index (χ2n) is 4.57. The van der Waals surface area contributed by atoms with E-state index in [9.17, 15) is 4.79 Å². The van der Waals surface area contributed by atoms with Gasteiger partial charge in [-0.15, -0.1) is 10.2 Å². The molecule has 2 rings (SSSR count). The van der Waals surface area contributed by atoms with Gasteiger partial charge in [0.15, 0.2) is 0 Å². The van der Waals surface area contributed by atoms with Crippen LogP contribution in [-0.2, 0) is 11.2 Å². The molecule has 0 fully saturated rings. The quantitative estimate of drug-likeness (QED) is 0.910. The molecule has 1 N–H and O–H groups in total. The van der Waals surface area contributed by atoms with Crippen molar-refractivity contribution in [3.63, 3.8) is 0 Å². The molecule has 1 heterocycles. The molecule has 0 saturated heterocycles. The van der Waals surface area contributed by atoms with E-state index in [0.717, 1.165) is 0 Å². The summed E-state index contributed by atoms with van der Waals surface area (Å²) in [4.78, 5) is 10.6. The van der Waals surface area contributed by atoms with E-state index < -0.39 is 5.97 Å². The first-order valence-electron chi connectivity index (χ1n) is 5.94. The monoisotopic (exact) mass is 314 g/mol. The van der Waals surface area contributed by atoms with Gasteiger partial charge in [0.1, 0.15) is 0 Å². The van der Waals surface area contributed by atoms with Crippen LogP contribution in [0.4, 0.5) is 0 Å². The average Bonchev–Trinajstić information content (AvgIpc) is 2.74. The predicted octanol–water partition coefficient (Wildman–Crippen LogP) is 3.70. The Balaban J connectivity index is 2.14. The minimum absolute atomic E-state index is 0.0563. The first-order valence-corrected chi connectivity index (χ1v) is 6.70. The Morgan fingerprint density at radius 1 is 1.30 bits per heavy atom. The molecule has 0 amide bonds. The average molecular weight is 315 g/mol. The maximum Gasteiger partial charge on any atom is 0.303 e. The van der Waals surface area contributed by atoms with Crippen LogP contribution >= 0.6 is 23.2 Å². The van der Waals surface area contributed by atoms with Crippen molar-refractivity contribution in [2.45, 2.75) is 19.8 Å². The molecule has 0 saturated carbocycles. The minimum atomic E-state index is -0.848. The summed E-state index contributed by atoms with van der Waals surface area (Å²) in [6.45, 7) is 1.81. The number of hydrogen-bond acceptors (Lipinski definition) is 4. The lowest BCUT2D eigenvalue weighted by atomic mass is 10.0. The molecule has 0 spiro atoms. The second-order valence-corrected chi connectivity index (χ2v) is 5.44. The minimum Gasteiger partial charge on any atom is -0.481 e. The van der Waals surface area contributed by atoms with Gasteiger partial charge in [-0.25, -0.2) is 0 Å². The van der Waals surface area contributed by atoms with Gasteiger partial charge in [0.25, 0.3) is 0 Å². The molecule has 7 heteroatoms. The molecule has 0 bridgehead atoms. The van der Waals surface area contributed by atoms with E-state index in [1.807, 2.05) is 6.92 Å². The molecule has 1 aromatic heterocycles. The highest BCUT2D eigenvalue weighted by molar-refractivity contribution is 6.35. The molecule has 20 heavy (non-hydrogen) atoms. The van der Waals surface area contributed by atoms with E-state index >= 15 is 0 Å². The van der Waals surface area contributed by atoms with E-state index in [1.165, 1.54) is 0 Å². The zero-order valence-corrected chi connectivity index (χ0v) is 12.1. The molecule has 0 radical (unpaired) electrons. The summed E-state index contributed by atoms with van der Waals surface area (Å²) in [6, 6.07) is 4.95. The van der Waals surface area contributed by atoms with Crippen LogP contribution in [0.25, 0.3) is 11.5 Å². The number of halogens is 2. The van der Waals surface area contributed by atoms with Crippen molar-refractivity contribution < 1.29 is 14.3 Å². The van der Waals surface area contributed by atoms with E-state index in [2.05, 4.69) is 10.2 Å². The van der Waals surface area contributed by atoms with Crippen LogP contribution < -0.4 is 0 Å². The lowest BCUT2D eigenvalue weighted by Gasteiger charge is -2.03. The first kappa shape index (κ1) is 14.8. The second kappa shape index (κ2) is 6.24. The number of carboxylic acids is 1. The van der Waals surface area contributed by atoms with E-state index in [0.29, 0.717) is 33.8 Å². The van der Waals surface area contributed by atoms with Crippen molar-refractivity contribution >= 4 is 29.2 Å². The van der Waals surface area contributed by atoms with Gasteiger partial charge in [0.2, 0.25) is 11.8 Å². The van der Waals surface area contributed by atoms with Crippen LogP contribution in [-0.4, -0.2) is 21.3 Å². The highest BCUT2D eigenvalue weighted by Crippen LogP contribution is 2.26. The first-order chi connectivity index (χ1) is 9.44. The van der Waals surface area contributed by atoms with Crippen LogP contribution in [0.2, 0.25) is 10.0 Å². The van der Waals surface area contributed by atoms with Crippen LogP contribution in [0.5, 0.6) is 0 Å². The Morgan fingerprint density at radius 2 is 1.95 bits per heavy atom. The van der Waals surface area contributed by atoms with Gasteiger partial charge >= 0.3 is 5.97 Å². The molecule has 2 aromatic rings. The van der Waals surface area contributed by atoms with Crippen molar-refractivity contribution in [1.82, 2.24) is 10.2 Å². The normalized spacial score (nSPS) is 12.3. The number of carbonyl (C=O) groups is 1. The molecule has 1 aromatic carbocycles. The molecule has 5 nitrogen and oxygen atoms in total. The van der Waals surface area contributed by atoms with E-state index in [1.54, 1.807) is 18.2 Å². The fraction of sp³-hybridized carbons (Fsp3) is 0.308. The highest BCUT2D eigenvalue weighted by atomic mass is 35.5. The largest absolute Gasteiger partial charge is 0.481 e. The maximum atomic E-state index is 10.6. The summed E-state index contributed by atoms with van der Waals surface area (Å²) < 4.78 is 5.50. The van der Waals surface area contributed by atoms with Crippen LogP contribution in [0.1, 0.15) is 19.2 Å². The third kappa shape index (κ3) is 3.95. The summed E-state index contributed by atoms with van der Waals surface area (Å²) in [6.07, 6.45) is 0.467. The number of rotatable bonds is 5. The van der Waals surface area contributed by atoms with Crippen LogP contribution in [0.15, 0.2) is 22.6 Å². The Bertz CT molecular complexity index is 608. The summed E-state index contributed by atoms with van der Waals surface area (Å²) in [7, 11) is 0. The molecule has 0 aliphatic rings. The summed E-state index contributed by atoms with van der Waals surface area (Å²) >= 11 is 11.8. The third-order valence-corrected chi connectivity index (χ3v) is 3.06. The highest BCUT2D eigenvalue weighted by Gasteiger charge is 2.15. The smallest absolute Gasteiger partial charge is 0.303 e. The molecule has 1 unspecified atom stereocenters. The number of aliphatic carboxylic acids is 1. The predicted molar refractivity (Wildman–Crippen MR) is 74.9 cm³/mol. The SMILES string of the molecule is CC(CC(=O)O)Cc1nnc(-c2cc(Cl)cc(Cl)c2)o1. The number of aromatic nitrogens is 2. The van der Waals surface area contributed by atoms with Gasteiger partial charge < -0.3 is 9.52 Å². The molecule has 0 aliphatic carbocycles. The Kier molecular flexibility index (Phi) is 4.62. The third-order valence-electron chi connectivity index (χ3n) is 2.62. The van der Waals surface area contributed by atoms with Crippen molar-refractivity contribution in [2.24, 2.45) is 5.92 Å². The molecule has 106 valence electrons. The summed E-state index contributed by atoms with van der Waals surface area (Å²) in [5.74, 6) is -0.223. The summed E-state index contributed by atoms with van der Waals surface area (Å²) in [5.41, 5.74) is 0.632. The number of carboxylic acid groups (broad SMARTS) is 1. The molecule has 1 atom stereocenters. The zero-order chi connectivity index (χ0) is 14.7. The van der Waals surface area contributed by atoms with Gasteiger partial charge in [-0.1, -0.05) is 30.1 Å². The van der Waals surface area contributed by atoms with Gasteiger partial charge in [-0.3, -0.25) is 4.79 Å². The van der Waals surface area contributed by atoms with Gasteiger partial charge in [0, 0.05) is 28.5 Å². The van der Waals surface area contributed by atoms with Gasteiger partial charge in [0.05, 0.1) is 0 Å². The lowest BCUT2D eigenvalue weighted by molar-refractivity contribution is -0.137. The number of hydrogen-bond donors (Lipinski definition) is 1. The van der Waals surface area contributed by atoms with Crippen LogP contribution in [0, 0.1) is 5.92 Å². The topological polar surface area (TPSA) is 76.2 Å². The van der Waals surface area contributed by atoms with Gasteiger partial charge in [-0.05, 0) is 24.1 Å². The van der Waals surface area contributed by atoms with E-state index in [-0.39, 0.29) is 12.3 Å². The van der Waals surface area contributed by atoms with Crippen molar-refractivity contribution in [1.29, 1.82) is 0 Å².